The molecule has 7 heteroatoms. The molecule has 2 heterocycles. The Morgan fingerprint density at radius 3 is 2.63 bits per heavy atom. The molecule has 98 valence electrons. The number of amides is 2. The molecule has 0 aliphatic heterocycles. The highest BCUT2D eigenvalue weighted by atomic mass is 32.1. The molecule has 0 aromatic carbocycles. The second kappa shape index (κ2) is 5.49. The van der Waals surface area contributed by atoms with Crippen molar-refractivity contribution in [2.45, 2.75) is 0 Å². The first-order valence-corrected chi connectivity index (χ1v) is 6.23. The lowest BCUT2D eigenvalue weighted by Gasteiger charge is -2.17. The Balaban J connectivity index is 2.13. The first-order chi connectivity index (χ1) is 9.09. The number of thiophene rings is 1. The molecule has 2 aromatic heterocycles. The van der Waals surface area contributed by atoms with Crippen molar-refractivity contribution in [3.63, 3.8) is 0 Å². The maximum atomic E-state index is 12.0. The van der Waals surface area contributed by atoms with E-state index < -0.39 is 12.0 Å². The van der Waals surface area contributed by atoms with Crippen LogP contribution in [0.5, 0.6) is 0 Å². The van der Waals surface area contributed by atoms with Crippen molar-refractivity contribution in [1.82, 2.24) is 4.98 Å². The molecule has 0 spiro atoms. The standard InChI is InChI=1S/C12H11N3O3S/c1-15(8-2-5-13-6-3-8)12(18)14-10-9(11(16)17)4-7-19-10/h2-7H,1H3,(H,14,18)(H,16,17). The number of nitrogens with one attached hydrogen (secondary N) is 1. The highest BCUT2D eigenvalue weighted by Crippen LogP contribution is 2.24. The molecule has 0 unspecified atom stereocenters. The van der Waals surface area contributed by atoms with E-state index in [0.29, 0.717) is 10.7 Å². The van der Waals surface area contributed by atoms with Crippen LogP contribution in [0.15, 0.2) is 36.0 Å². The SMILES string of the molecule is CN(C(=O)Nc1sccc1C(=O)O)c1ccncc1. The van der Waals surface area contributed by atoms with Gasteiger partial charge in [0, 0.05) is 25.1 Å². The number of carbonyl (C=O) groups excluding carboxylic acids is 1. The molecule has 0 bridgehead atoms. The minimum Gasteiger partial charge on any atom is -0.478 e. The summed E-state index contributed by atoms with van der Waals surface area (Å²) in [6.45, 7) is 0. The largest absolute Gasteiger partial charge is 0.478 e. The minimum absolute atomic E-state index is 0.0847. The van der Waals surface area contributed by atoms with Crippen LogP contribution in [0.1, 0.15) is 10.4 Å². The quantitative estimate of drug-likeness (QED) is 0.903. The third-order valence-corrected chi connectivity index (χ3v) is 3.30. The zero-order valence-electron chi connectivity index (χ0n) is 10.0. The minimum atomic E-state index is -1.07. The van der Waals surface area contributed by atoms with Crippen LogP contribution in [0.4, 0.5) is 15.5 Å². The number of anilines is 2. The predicted molar refractivity (Wildman–Crippen MR) is 72.9 cm³/mol. The van der Waals surface area contributed by atoms with Crippen LogP contribution in [0.25, 0.3) is 0 Å². The van der Waals surface area contributed by atoms with Crippen LogP contribution in [0, 0.1) is 0 Å². The number of aromatic carboxylic acids is 1. The van der Waals surface area contributed by atoms with E-state index in [-0.39, 0.29) is 5.56 Å². The van der Waals surface area contributed by atoms with E-state index in [1.807, 2.05) is 0 Å². The number of rotatable bonds is 3. The Labute approximate surface area is 113 Å². The molecule has 6 nitrogen and oxygen atoms in total. The second-order valence-electron chi connectivity index (χ2n) is 3.66. The van der Waals surface area contributed by atoms with Gasteiger partial charge >= 0.3 is 12.0 Å². The summed E-state index contributed by atoms with van der Waals surface area (Å²) in [5.74, 6) is -1.07. The van der Waals surface area contributed by atoms with Gasteiger partial charge in [0.15, 0.2) is 0 Å². The highest BCUT2D eigenvalue weighted by Gasteiger charge is 2.16. The van der Waals surface area contributed by atoms with Crippen molar-refractivity contribution in [3.05, 3.63) is 41.5 Å². The van der Waals surface area contributed by atoms with Crippen molar-refractivity contribution in [3.8, 4) is 0 Å². The van der Waals surface area contributed by atoms with E-state index in [1.165, 1.54) is 22.3 Å². The summed E-state index contributed by atoms with van der Waals surface area (Å²) < 4.78 is 0. The average Bonchev–Trinajstić information content (AvgIpc) is 2.87. The molecular formula is C12H11N3O3S. The summed E-state index contributed by atoms with van der Waals surface area (Å²) in [6, 6.07) is 4.42. The third-order valence-electron chi connectivity index (χ3n) is 2.47. The number of pyridine rings is 1. The van der Waals surface area contributed by atoms with Crippen molar-refractivity contribution in [1.29, 1.82) is 0 Å². The van der Waals surface area contributed by atoms with Gasteiger partial charge in [0.2, 0.25) is 0 Å². The van der Waals surface area contributed by atoms with Gasteiger partial charge in [0.25, 0.3) is 0 Å². The van der Waals surface area contributed by atoms with Crippen molar-refractivity contribution in [2.24, 2.45) is 0 Å². The van der Waals surface area contributed by atoms with E-state index >= 15 is 0 Å². The number of carboxylic acid groups (broad SMARTS) is 1. The summed E-state index contributed by atoms with van der Waals surface area (Å²) >= 11 is 1.17. The Morgan fingerprint density at radius 1 is 1.32 bits per heavy atom. The first-order valence-electron chi connectivity index (χ1n) is 5.35. The molecule has 0 aliphatic carbocycles. The lowest BCUT2D eigenvalue weighted by Crippen LogP contribution is -2.31. The van der Waals surface area contributed by atoms with Crippen LogP contribution < -0.4 is 10.2 Å². The fourth-order valence-electron chi connectivity index (χ4n) is 1.44. The van der Waals surface area contributed by atoms with Gasteiger partial charge in [-0.3, -0.25) is 15.2 Å². The lowest BCUT2D eigenvalue weighted by molar-refractivity contribution is 0.0698. The Hall–Kier alpha value is -2.41. The molecule has 0 atom stereocenters. The summed E-state index contributed by atoms with van der Waals surface area (Å²) in [4.78, 5) is 28.2. The zero-order valence-corrected chi connectivity index (χ0v) is 10.8. The Morgan fingerprint density at radius 2 is 2.00 bits per heavy atom. The highest BCUT2D eigenvalue weighted by molar-refractivity contribution is 7.14. The normalized spacial score (nSPS) is 9.95. The maximum Gasteiger partial charge on any atom is 0.338 e. The summed E-state index contributed by atoms with van der Waals surface area (Å²) in [5.41, 5.74) is 0.752. The van der Waals surface area contributed by atoms with E-state index in [1.54, 1.807) is 37.0 Å². The first kappa shape index (κ1) is 13.0. The van der Waals surface area contributed by atoms with E-state index in [0.717, 1.165) is 0 Å². The molecule has 2 rings (SSSR count). The van der Waals surface area contributed by atoms with Gasteiger partial charge < -0.3 is 5.11 Å². The molecule has 2 N–H and O–H groups in total. The number of hydrogen-bond acceptors (Lipinski definition) is 4. The molecule has 0 aliphatic rings. The van der Waals surface area contributed by atoms with Crippen molar-refractivity contribution >= 4 is 34.0 Å². The van der Waals surface area contributed by atoms with Gasteiger partial charge in [0.05, 0.1) is 5.56 Å². The van der Waals surface area contributed by atoms with Crippen LogP contribution in [0.2, 0.25) is 0 Å². The number of carboxylic acids is 1. The summed E-state index contributed by atoms with van der Waals surface area (Å²) in [6.07, 6.45) is 3.15. The Kier molecular flexibility index (Phi) is 3.76. The Bertz CT molecular complexity index is 597. The van der Waals surface area contributed by atoms with Gasteiger partial charge in [-0.25, -0.2) is 9.59 Å². The van der Waals surface area contributed by atoms with Crippen LogP contribution in [0.3, 0.4) is 0 Å². The van der Waals surface area contributed by atoms with E-state index in [9.17, 15) is 9.59 Å². The van der Waals surface area contributed by atoms with E-state index in [4.69, 9.17) is 5.11 Å². The molecule has 0 saturated carbocycles. The molecule has 0 radical (unpaired) electrons. The number of nitrogens with zero attached hydrogens (tertiary/aromatic N) is 2. The van der Waals surface area contributed by atoms with E-state index in [2.05, 4.69) is 10.3 Å². The van der Waals surface area contributed by atoms with Crippen LogP contribution in [-0.4, -0.2) is 29.1 Å². The second-order valence-corrected chi connectivity index (χ2v) is 4.58. The van der Waals surface area contributed by atoms with Crippen molar-refractivity contribution < 1.29 is 14.7 Å². The number of hydrogen-bond donors (Lipinski definition) is 2. The topological polar surface area (TPSA) is 82.5 Å². The molecular weight excluding hydrogens is 266 g/mol. The van der Waals surface area contributed by atoms with Crippen LogP contribution in [-0.2, 0) is 0 Å². The van der Waals surface area contributed by atoms with Gasteiger partial charge in [-0.2, -0.15) is 0 Å². The van der Waals surface area contributed by atoms with Gasteiger partial charge in [0.1, 0.15) is 5.00 Å². The smallest absolute Gasteiger partial charge is 0.338 e. The lowest BCUT2D eigenvalue weighted by atomic mass is 10.3. The summed E-state index contributed by atoms with van der Waals surface area (Å²) in [5, 5.41) is 13.5. The number of urea groups is 1. The molecule has 2 aromatic rings. The maximum absolute atomic E-state index is 12.0. The van der Waals surface area contributed by atoms with Crippen molar-refractivity contribution in [2.75, 3.05) is 17.3 Å². The zero-order chi connectivity index (χ0) is 13.8. The van der Waals surface area contributed by atoms with Gasteiger partial charge in [-0.15, -0.1) is 11.3 Å². The fraction of sp³-hybridized carbons (Fsp3) is 0.0833. The van der Waals surface area contributed by atoms with Gasteiger partial charge in [-0.05, 0) is 23.6 Å². The third kappa shape index (κ3) is 2.89. The summed E-state index contributed by atoms with van der Waals surface area (Å²) in [7, 11) is 1.60. The monoisotopic (exact) mass is 277 g/mol. The molecule has 19 heavy (non-hydrogen) atoms. The van der Waals surface area contributed by atoms with Crippen LogP contribution >= 0.6 is 11.3 Å². The molecule has 0 fully saturated rings. The fourth-order valence-corrected chi connectivity index (χ4v) is 2.21. The number of carbonyl (C=O) groups is 2. The predicted octanol–water partition coefficient (Wildman–Crippen LogP) is 2.51. The molecule has 2 amide bonds. The number of aromatic nitrogens is 1. The van der Waals surface area contributed by atoms with Gasteiger partial charge in [-0.1, -0.05) is 0 Å². The average molecular weight is 277 g/mol. The molecule has 0 saturated heterocycles.